The molecule has 0 fully saturated rings. The third-order valence-electron chi connectivity index (χ3n) is 4.26. The zero-order chi connectivity index (χ0) is 21.0. The molecule has 3 aromatic rings. The van der Waals surface area contributed by atoms with Crippen molar-refractivity contribution in [3.8, 4) is 0 Å². The first-order valence-corrected chi connectivity index (χ1v) is 9.34. The van der Waals surface area contributed by atoms with Gasteiger partial charge < -0.3 is 19.6 Å². The Bertz CT molecular complexity index is 1020. The molecule has 0 saturated carbocycles. The Hall–Kier alpha value is -3.04. The number of anilines is 1. The van der Waals surface area contributed by atoms with E-state index in [1.807, 2.05) is 37.3 Å². The molecule has 0 radical (unpaired) electrons. The minimum absolute atomic E-state index is 0.0391. The van der Waals surface area contributed by atoms with E-state index in [-0.39, 0.29) is 30.6 Å². The number of Topliss-reactive ketones (excluding diaryl/α,β-unsaturated/α-hetero) is 1. The highest BCUT2D eigenvalue weighted by atomic mass is 16.5. The number of aliphatic hydroxyl groups is 1. The van der Waals surface area contributed by atoms with Crippen molar-refractivity contribution in [2.24, 2.45) is 5.41 Å². The van der Waals surface area contributed by atoms with E-state index in [4.69, 9.17) is 9.84 Å². The number of ether oxygens (including phenoxy) is 1. The lowest BCUT2D eigenvalue weighted by atomic mass is 9.87. The van der Waals surface area contributed by atoms with E-state index in [0.29, 0.717) is 24.4 Å². The second-order valence-electron chi connectivity index (χ2n) is 7.71. The van der Waals surface area contributed by atoms with Crippen LogP contribution in [0.15, 0.2) is 36.8 Å². The first-order valence-electron chi connectivity index (χ1n) is 9.34. The average molecular weight is 399 g/mol. The molecule has 0 aliphatic heterocycles. The molecule has 0 saturated heterocycles. The summed E-state index contributed by atoms with van der Waals surface area (Å²) in [4.78, 5) is 24.9. The van der Waals surface area contributed by atoms with Gasteiger partial charge in [0.05, 0.1) is 38.2 Å². The lowest BCUT2D eigenvalue weighted by molar-refractivity contribution is 0.0851. The maximum Gasteiger partial charge on any atom is 0.277 e. The fraction of sp³-hybridized carbons (Fsp3) is 0.400. The van der Waals surface area contributed by atoms with E-state index in [2.05, 4.69) is 15.6 Å². The van der Waals surface area contributed by atoms with Crippen LogP contribution >= 0.6 is 0 Å². The maximum atomic E-state index is 12.5. The van der Waals surface area contributed by atoms with E-state index in [0.717, 1.165) is 5.52 Å². The van der Waals surface area contributed by atoms with Crippen molar-refractivity contribution in [3.05, 3.63) is 48.0 Å². The molecule has 0 bridgehead atoms. The molecule has 0 unspecified atom stereocenters. The highest BCUT2D eigenvalue weighted by Gasteiger charge is 2.24. The number of aromatic nitrogens is 4. The number of amides is 1. The van der Waals surface area contributed by atoms with Crippen molar-refractivity contribution in [3.63, 3.8) is 0 Å². The second-order valence-corrected chi connectivity index (χ2v) is 7.71. The van der Waals surface area contributed by atoms with Crippen LogP contribution in [0.5, 0.6) is 0 Å². The van der Waals surface area contributed by atoms with Gasteiger partial charge in [-0.25, -0.2) is 4.68 Å². The van der Waals surface area contributed by atoms with Crippen LogP contribution in [-0.2, 0) is 11.3 Å². The smallest absolute Gasteiger partial charge is 0.277 e. The van der Waals surface area contributed by atoms with Crippen LogP contribution in [0, 0.1) is 5.41 Å². The van der Waals surface area contributed by atoms with Gasteiger partial charge in [-0.3, -0.25) is 9.59 Å². The van der Waals surface area contributed by atoms with E-state index in [1.54, 1.807) is 18.5 Å². The summed E-state index contributed by atoms with van der Waals surface area (Å²) < 4.78 is 8.48. The zero-order valence-corrected chi connectivity index (χ0v) is 16.8. The molecule has 0 aromatic carbocycles. The van der Waals surface area contributed by atoms with Gasteiger partial charge in [0.25, 0.3) is 5.91 Å². The van der Waals surface area contributed by atoms with Crippen molar-refractivity contribution in [2.75, 3.05) is 25.1 Å². The summed E-state index contributed by atoms with van der Waals surface area (Å²) in [6.45, 7) is 6.67. The van der Waals surface area contributed by atoms with E-state index >= 15 is 0 Å². The van der Waals surface area contributed by atoms with Crippen LogP contribution in [0.3, 0.4) is 0 Å². The van der Waals surface area contributed by atoms with Crippen molar-refractivity contribution >= 4 is 22.9 Å². The largest absolute Gasteiger partial charge is 0.394 e. The topological polar surface area (TPSA) is 111 Å². The molecular formula is C20H25N5O4. The molecule has 9 nitrogen and oxygen atoms in total. The Kier molecular flexibility index (Phi) is 6.09. The monoisotopic (exact) mass is 399 g/mol. The Labute approximate surface area is 168 Å². The maximum absolute atomic E-state index is 12.5. The number of rotatable bonds is 8. The summed E-state index contributed by atoms with van der Waals surface area (Å²) in [5, 5.41) is 19.2. The first-order chi connectivity index (χ1) is 13.8. The van der Waals surface area contributed by atoms with Gasteiger partial charge in [0.1, 0.15) is 0 Å². The molecule has 2 N–H and O–H groups in total. The summed E-state index contributed by atoms with van der Waals surface area (Å²) in [6.07, 6.45) is 5.05. The normalized spacial score (nSPS) is 11.7. The van der Waals surface area contributed by atoms with Gasteiger partial charge in [-0.2, -0.15) is 0 Å². The number of hydrogen-bond donors (Lipinski definition) is 2. The number of nitrogens with zero attached hydrogens (tertiary/aromatic N) is 4. The number of fused-ring (bicyclic) bond motifs is 1. The molecule has 3 aromatic heterocycles. The van der Waals surface area contributed by atoms with Crippen molar-refractivity contribution in [2.45, 2.75) is 27.3 Å². The third-order valence-corrected chi connectivity index (χ3v) is 4.26. The summed E-state index contributed by atoms with van der Waals surface area (Å²) in [7, 11) is 0. The van der Waals surface area contributed by atoms with E-state index < -0.39 is 5.41 Å². The van der Waals surface area contributed by atoms with E-state index in [9.17, 15) is 9.59 Å². The quantitative estimate of drug-likeness (QED) is 0.443. The molecule has 3 heterocycles. The Morgan fingerprint density at radius 3 is 2.69 bits per heavy atom. The van der Waals surface area contributed by atoms with Gasteiger partial charge in [-0.15, -0.1) is 5.10 Å². The number of ketones is 1. The second kappa shape index (κ2) is 8.54. The van der Waals surface area contributed by atoms with Crippen LogP contribution in [0.4, 0.5) is 5.69 Å². The molecule has 154 valence electrons. The number of carbonyl (C=O) groups is 2. The number of aliphatic hydroxyl groups excluding tert-OH is 1. The molecule has 9 heteroatoms. The first kappa shape index (κ1) is 20.7. The fourth-order valence-corrected chi connectivity index (χ4v) is 2.77. The van der Waals surface area contributed by atoms with Crippen LogP contribution in [-0.4, -0.2) is 56.0 Å². The minimum atomic E-state index is -0.461. The molecule has 0 aliphatic carbocycles. The molecule has 0 aliphatic rings. The number of hydrogen-bond acceptors (Lipinski definition) is 6. The number of nitrogens with one attached hydrogen (secondary N) is 1. The number of carbonyl (C=O) groups excluding carboxylic acids is 2. The van der Waals surface area contributed by atoms with Gasteiger partial charge in [-0.05, 0) is 18.2 Å². The van der Waals surface area contributed by atoms with Crippen LogP contribution in [0.2, 0.25) is 0 Å². The summed E-state index contributed by atoms with van der Waals surface area (Å²) in [5.41, 5.74) is 1.80. The minimum Gasteiger partial charge on any atom is -0.394 e. The summed E-state index contributed by atoms with van der Waals surface area (Å²) in [6, 6.07) is 5.44. The third kappa shape index (κ3) is 5.07. The van der Waals surface area contributed by atoms with Gasteiger partial charge in [0, 0.05) is 28.9 Å². The molecule has 0 spiro atoms. The Morgan fingerprint density at radius 2 is 1.97 bits per heavy atom. The van der Waals surface area contributed by atoms with Gasteiger partial charge in [0.15, 0.2) is 11.5 Å². The molecule has 0 atom stereocenters. The van der Waals surface area contributed by atoms with Gasteiger partial charge >= 0.3 is 0 Å². The number of pyridine rings is 1. The lowest BCUT2D eigenvalue weighted by Crippen LogP contribution is -2.19. The van der Waals surface area contributed by atoms with Crippen LogP contribution in [0.1, 0.15) is 41.6 Å². The zero-order valence-electron chi connectivity index (χ0n) is 16.8. The molecule has 1 amide bonds. The molecule has 29 heavy (non-hydrogen) atoms. The fourth-order valence-electron chi connectivity index (χ4n) is 2.77. The highest BCUT2D eigenvalue weighted by Crippen LogP contribution is 2.23. The molecule has 3 rings (SSSR count). The summed E-state index contributed by atoms with van der Waals surface area (Å²) >= 11 is 0. The van der Waals surface area contributed by atoms with Crippen LogP contribution in [0.25, 0.3) is 5.52 Å². The highest BCUT2D eigenvalue weighted by molar-refractivity contribution is 6.03. The average Bonchev–Trinajstić information content (AvgIpc) is 3.30. The van der Waals surface area contributed by atoms with Gasteiger partial charge in [-0.1, -0.05) is 26.0 Å². The lowest BCUT2D eigenvalue weighted by Gasteiger charge is -2.14. The van der Waals surface area contributed by atoms with Crippen molar-refractivity contribution in [1.29, 1.82) is 0 Å². The van der Waals surface area contributed by atoms with Crippen molar-refractivity contribution < 1.29 is 19.4 Å². The molecular weight excluding hydrogens is 374 g/mol. The van der Waals surface area contributed by atoms with Crippen molar-refractivity contribution in [1.82, 2.24) is 19.4 Å². The Morgan fingerprint density at radius 1 is 1.17 bits per heavy atom. The summed E-state index contributed by atoms with van der Waals surface area (Å²) in [5.74, 6) is -0.323. The standard InChI is InChI=1S/C20H25N5O4/c1-20(2,3)18(27)14-10-16-5-4-15(12-24(16)11-14)21-19(28)17-13-25(23-22-17)6-8-29-9-7-26/h4-5,10-13,26H,6-9H2,1-3H3,(H,21,28). The predicted octanol–water partition coefficient (Wildman–Crippen LogP) is 2.02. The van der Waals surface area contributed by atoms with E-state index in [1.165, 1.54) is 10.9 Å². The predicted molar refractivity (Wildman–Crippen MR) is 107 cm³/mol. The van der Waals surface area contributed by atoms with Crippen LogP contribution < -0.4 is 5.32 Å². The van der Waals surface area contributed by atoms with Gasteiger partial charge in [0.2, 0.25) is 0 Å². The Balaban J connectivity index is 1.67. The SMILES string of the molecule is CC(C)(C)C(=O)c1cc2ccc(NC(=O)c3cn(CCOCCO)nn3)cn2c1.